The van der Waals surface area contributed by atoms with Gasteiger partial charge in [0.25, 0.3) is 0 Å². The second kappa shape index (κ2) is 5.27. The molecule has 4 nitrogen and oxygen atoms in total. The molecule has 0 atom stereocenters. The number of hydrogen-bond acceptors (Lipinski definition) is 4. The summed E-state index contributed by atoms with van der Waals surface area (Å²) in [6.45, 7) is 5.13. The smallest absolute Gasteiger partial charge is 0.207 e. The van der Waals surface area contributed by atoms with Gasteiger partial charge in [0.05, 0.1) is 10.6 Å². The molecule has 0 aromatic heterocycles. The van der Waals surface area contributed by atoms with E-state index in [0.717, 1.165) is 6.26 Å². The van der Waals surface area contributed by atoms with Crippen molar-refractivity contribution in [3.63, 3.8) is 0 Å². The lowest BCUT2D eigenvalue weighted by atomic mass is 10.0. The first-order chi connectivity index (χ1) is 8.29. The van der Waals surface area contributed by atoms with Crippen LogP contribution in [0.5, 0.6) is 0 Å². The fraction of sp³-hybridized carbons (Fsp3) is 0.231. The summed E-state index contributed by atoms with van der Waals surface area (Å²) in [5, 5.41) is 0. The van der Waals surface area contributed by atoms with E-state index in [0.29, 0.717) is 16.8 Å². The summed E-state index contributed by atoms with van der Waals surface area (Å²) >= 11 is 0. The molecule has 0 amide bonds. The van der Waals surface area contributed by atoms with E-state index < -0.39 is 9.84 Å². The van der Waals surface area contributed by atoms with Gasteiger partial charge in [-0.25, -0.2) is 8.42 Å². The van der Waals surface area contributed by atoms with Gasteiger partial charge in [-0.1, -0.05) is 30.8 Å². The van der Waals surface area contributed by atoms with Crippen LogP contribution in [0.1, 0.15) is 22.8 Å². The molecular formula is C13H15NO3S. The van der Waals surface area contributed by atoms with Crippen molar-refractivity contribution in [2.45, 2.75) is 6.92 Å². The van der Waals surface area contributed by atoms with Crippen LogP contribution in [0, 0.1) is 0 Å². The molecule has 0 unspecified atom stereocenters. The number of benzene rings is 1. The molecule has 0 saturated carbocycles. The second-order valence-corrected chi connectivity index (χ2v) is 5.92. The Kier molecular flexibility index (Phi) is 4.19. The summed E-state index contributed by atoms with van der Waals surface area (Å²) in [6, 6.07) is 6.48. The normalized spacial score (nSPS) is 12.3. The zero-order chi connectivity index (χ0) is 13.9. The van der Waals surface area contributed by atoms with Gasteiger partial charge in [-0.2, -0.15) is 0 Å². The van der Waals surface area contributed by atoms with Crippen molar-refractivity contribution in [1.82, 2.24) is 0 Å². The number of carbonyl (C=O) groups excluding carboxylic acids is 1. The van der Waals surface area contributed by atoms with Crippen LogP contribution in [0.25, 0.3) is 4.91 Å². The number of nitrogens with zero attached hydrogens (tertiary/aromatic N) is 1. The number of aliphatic imine (C=N–C) groups is 1. The first-order valence-electron chi connectivity index (χ1n) is 5.25. The van der Waals surface area contributed by atoms with Crippen LogP contribution in [0.15, 0.2) is 35.8 Å². The highest BCUT2D eigenvalue weighted by molar-refractivity contribution is 7.99. The monoisotopic (exact) mass is 265 g/mol. The average Bonchev–Trinajstić information content (AvgIpc) is 2.35. The number of Topliss-reactive ketones (excluding diaryl/α,β-unsaturated/α-hetero) is 1. The predicted octanol–water partition coefficient (Wildman–Crippen LogP) is 1.98. The van der Waals surface area contributed by atoms with Crippen LogP contribution in [-0.2, 0) is 9.84 Å². The third-order valence-corrected chi connectivity index (χ3v) is 3.70. The first-order valence-corrected chi connectivity index (χ1v) is 7.14. The summed E-state index contributed by atoms with van der Waals surface area (Å²) < 4.78 is 23.0. The molecule has 96 valence electrons. The van der Waals surface area contributed by atoms with E-state index >= 15 is 0 Å². The second-order valence-electron chi connectivity index (χ2n) is 3.88. The third-order valence-electron chi connectivity index (χ3n) is 2.58. The molecule has 0 fully saturated rings. The molecule has 1 rings (SSSR count). The molecule has 1 aromatic rings. The summed E-state index contributed by atoms with van der Waals surface area (Å²) in [6.07, 6.45) is 1.07. The van der Waals surface area contributed by atoms with Gasteiger partial charge in [-0.3, -0.25) is 9.79 Å². The highest BCUT2D eigenvalue weighted by Crippen LogP contribution is 2.22. The van der Waals surface area contributed by atoms with Gasteiger partial charge in [-0.15, -0.1) is 0 Å². The van der Waals surface area contributed by atoms with Crippen molar-refractivity contribution in [1.29, 1.82) is 0 Å². The fourth-order valence-electron chi connectivity index (χ4n) is 1.42. The molecule has 0 heterocycles. The topological polar surface area (TPSA) is 63.6 Å². The van der Waals surface area contributed by atoms with Crippen LogP contribution in [-0.4, -0.2) is 33.2 Å². The minimum absolute atomic E-state index is 0.0599. The third kappa shape index (κ3) is 2.92. The average molecular weight is 265 g/mol. The zero-order valence-electron chi connectivity index (χ0n) is 10.6. The molecule has 0 saturated heterocycles. The standard InChI is InChI=1S/C13H15NO3S/c1-9(14-3)13(15)12-8-6-5-7-11(12)10(2)18(4,16)17/h5-8H,2H2,1,3-4H3. The maximum atomic E-state index is 12.1. The van der Waals surface area contributed by atoms with Gasteiger partial charge >= 0.3 is 0 Å². The molecule has 1 aromatic carbocycles. The number of carbonyl (C=O) groups is 1. The molecule has 0 aliphatic heterocycles. The van der Waals surface area contributed by atoms with Crippen LogP contribution in [0.2, 0.25) is 0 Å². The van der Waals surface area contributed by atoms with E-state index in [1.54, 1.807) is 31.2 Å². The van der Waals surface area contributed by atoms with E-state index in [-0.39, 0.29) is 10.7 Å². The van der Waals surface area contributed by atoms with Crippen molar-refractivity contribution < 1.29 is 13.2 Å². The summed E-state index contributed by atoms with van der Waals surface area (Å²) in [5.74, 6) is -0.294. The molecule has 0 bridgehead atoms. The van der Waals surface area contributed by atoms with Gasteiger partial charge in [0.15, 0.2) is 9.84 Å². The largest absolute Gasteiger partial charge is 0.289 e. The lowest BCUT2D eigenvalue weighted by molar-refractivity contribution is 0.106. The van der Waals surface area contributed by atoms with Crippen LogP contribution in [0.3, 0.4) is 0 Å². The highest BCUT2D eigenvalue weighted by atomic mass is 32.2. The van der Waals surface area contributed by atoms with E-state index in [1.165, 1.54) is 7.05 Å². The summed E-state index contributed by atoms with van der Waals surface area (Å²) in [7, 11) is -1.92. The van der Waals surface area contributed by atoms with Crippen molar-refractivity contribution >= 4 is 26.2 Å². The highest BCUT2D eigenvalue weighted by Gasteiger charge is 2.19. The van der Waals surface area contributed by atoms with Crippen molar-refractivity contribution in [2.75, 3.05) is 13.3 Å². The number of hydrogen-bond donors (Lipinski definition) is 0. The molecule has 0 aliphatic carbocycles. The number of sulfone groups is 1. The Morgan fingerprint density at radius 3 is 2.17 bits per heavy atom. The SMILES string of the molecule is C=C(c1ccccc1C(=O)C(C)=NC)S(C)(=O)=O. The maximum Gasteiger partial charge on any atom is 0.207 e. The van der Waals surface area contributed by atoms with E-state index in [1.807, 2.05) is 0 Å². The van der Waals surface area contributed by atoms with Crippen molar-refractivity contribution in [3.8, 4) is 0 Å². The Balaban J connectivity index is 3.42. The Labute approximate surface area is 107 Å². The van der Waals surface area contributed by atoms with Gasteiger partial charge in [-0.05, 0) is 6.92 Å². The predicted molar refractivity (Wildman–Crippen MR) is 73.7 cm³/mol. The van der Waals surface area contributed by atoms with Gasteiger partial charge in [0, 0.05) is 24.4 Å². The van der Waals surface area contributed by atoms with Gasteiger partial charge in [0.2, 0.25) is 5.78 Å². The lowest BCUT2D eigenvalue weighted by Crippen LogP contribution is -2.14. The molecule has 0 N–H and O–H groups in total. The summed E-state index contributed by atoms with van der Waals surface area (Å²) in [5.41, 5.74) is 0.952. The lowest BCUT2D eigenvalue weighted by Gasteiger charge is -2.09. The van der Waals surface area contributed by atoms with Crippen LogP contribution < -0.4 is 0 Å². The Morgan fingerprint density at radius 1 is 1.22 bits per heavy atom. The van der Waals surface area contributed by atoms with Crippen molar-refractivity contribution in [2.24, 2.45) is 4.99 Å². The van der Waals surface area contributed by atoms with E-state index in [2.05, 4.69) is 11.6 Å². The minimum Gasteiger partial charge on any atom is -0.289 e. The van der Waals surface area contributed by atoms with E-state index in [9.17, 15) is 13.2 Å². The van der Waals surface area contributed by atoms with Crippen molar-refractivity contribution in [3.05, 3.63) is 42.0 Å². The molecule has 0 spiro atoms. The summed E-state index contributed by atoms with van der Waals surface area (Å²) in [4.78, 5) is 15.8. The molecule has 0 radical (unpaired) electrons. The van der Waals surface area contributed by atoms with Gasteiger partial charge in [0.1, 0.15) is 0 Å². The quantitative estimate of drug-likeness (QED) is 0.617. The van der Waals surface area contributed by atoms with Crippen LogP contribution in [0.4, 0.5) is 0 Å². The molecular weight excluding hydrogens is 250 g/mol. The minimum atomic E-state index is -3.43. The first kappa shape index (κ1) is 14.3. The number of rotatable bonds is 4. The maximum absolute atomic E-state index is 12.1. The number of ketones is 1. The van der Waals surface area contributed by atoms with Gasteiger partial charge < -0.3 is 0 Å². The molecule has 0 aliphatic rings. The Morgan fingerprint density at radius 2 is 1.72 bits per heavy atom. The zero-order valence-corrected chi connectivity index (χ0v) is 11.4. The Bertz CT molecular complexity index is 627. The van der Waals surface area contributed by atoms with Crippen LogP contribution >= 0.6 is 0 Å². The molecule has 18 heavy (non-hydrogen) atoms. The Hall–Kier alpha value is -1.75. The fourth-order valence-corrected chi connectivity index (χ4v) is 2.00. The van der Waals surface area contributed by atoms with E-state index in [4.69, 9.17) is 0 Å². The molecule has 5 heteroatoms.